The Morgan fingerprint density at radius 2 is 1.93 bits per heavy atom. The summed E-state index contributed by atoms with van der Waals surface area (Å²) >= 11 is 0. The summed E-state index contributed by atoms with van der Waals surface area (Å²) in [4.78, 5) is 23.8. The molecule has 5 heteroatoms. The van der Waals surface area contributed by atoms with Gasteiger partial charge in [0.05, 0.1) is 6.54 Å². The number of amides is 2. The fourth-order valence-corrected chi connectivity index (χ4v) is 1.54. The van der Waals surface area contributed by atoms with E-state index in [2.05, 4.69) is 10.2 Å². The first kappa shape index (κ1) is 11.0. The molecule has 3 N–H and O–H groups in total. The molecule has 0 atom stereocenters. The van der Waals surface area contributed by atoms with Gasteiger partial charge in [-0.2, -0.15) is 0 Å². The Morgan fingerprint density at radius 3 is 2.50 bits per heavy atom. The Balaban J connectivity index is 2.05. The molecule has 0 radical (unpaired) electrons. The maximum atomic E-state index is 11.2. The van der Waals surface area contributed by atoms with E-state index in [1.165, 1.54) is 12.8 Å². The third kappa shape index (κ3) is 4.23. The summed E-state index contributed by atoms with van der Waals surface area (Å²) in [5, 5.41) is 2.47. The third-order valence-electron chi connectivity index (χ3n) is 2.31. The molecule has 5 nitrogen and oxygen atoms in total. The van der Waals surface area contributed by atoms with Crippen LogP contribution in [0, 0.1) is 0 Å². The lowest BCUT2D eigenvalue weighted by Crippen LogP contribution is -2.35. The number of nitrogens with zero attached hydrogens (tertiary/aromatic N) is 1. The van der Waals surface area contributed by atoms with Gasteiger partial charge in [0.25, 0.3) is 0 Å². The Hall–Kier alpha value is -1.10. The van der Waals surface area contributed by atoms with E-state index in [9.17, 15) is 9.59 Å². The van der Waals surface area contributed by atoms with E-state index in [1.54, 1.807) is 0 Å². The number of likely N-dealkylation sites (tertiary alicyclic amines) is 1. The number of hydrogen-bond acceptors (Lipinski definition) is 3. The van der Waals surface area contributed by atoms with Crippen molar-refractivity contribution in [3.63, 3.8) is 0 Å². The van der Waals surface area contributed by atoms with Crippen molar-refractivity contribution in [3.8, 4) is 0 Å². The van der Waals surface area contributed by atoms with Crippen LogP contribution in [-0.2, 0) is 9.59 Å². The summed E-state index contributed by atoms with van der Waals surface area (Å²) in [5.41, 5.74) is 4.89. The average Bonchev–Trinajstić information content (AvgIpc) is 2.63. The van der Waals surface area contributed by atoms with Gasteiger partial charge in [0, 0.05) is 13.0 Å². The Kier molecular flexibility index (Phi) is 4.39. The van der Waals surface area contributed by atoms with E-state index in [0.717, 1.165) is 19.6 Å². The second-order valence-corrected chi connectivity index (χ2v) is 3.54. The fraction of sp³-hybridized carbons (Fsp3) is 0.778. The molecule has 1 saturated heterocycles. The van der Waals surface area contributed by atoms with Gasteiger partial charge in [-0.05, 0) is 25.9 Å². The van der Waals surface area contributed by atoms with Crippen LogP contribution in [0.25, 0.3) is 0 Å². The van der Waals surface area contributed by atoms with E-state index < -0.39 is 5.91 Å². The van der Waals surface area contributed by atoms with Crippen molar-refractivity contribution in [1.29, 1.82) is 0 Å². The normalized spacial score (nSPS) is 16.9. The molecule has 80 valence electrons. The van der Waals surface area contributed by atoms with Crippen molar-refractivity contribution < 1.29 is 9.59 Å². The van der Waals surface area contributed by atoms with Gasteiger partial charge in [0.15, 0.2) is 0 Å². The van der Waals surface area contributed by atoms with Crippen LogP contribution >= 0.6 is 0 Å². The molecule has 0 bridgehead atoms. The van der Waals surface area contributed by atoms with Crippen LogP contribution in [0.15, 0.2) is 0 Å². The minimum absolute atomic E-state index is 0.0567. The molecular formula is C9H17N3O2. The molecule has 0 unspecified atom stereocenters. The highest BCUT2D eigenvalue weighted by Crippen LogP contribution is 2.06. The molecule has 0 aromatic rings. The Bertz CT molecular complexity index is 212. The van der Waals surface area contributed by atoms with E-state index in [-0.39, 0.29) is 12.5 Å². The lowest BCUT2D eigenvalue weighted by Gasteiger charge is -2.13. The largest absolute Gasteiger partial charge is 0.368 e. The number of carbonyl (C=O) groups is 2. The molecule has 0 saturated carbocycles. The zero-order valence-electron chi connectivity index (χ0n) is 8.29. The summed E-state index contributed by atoms with van der Waals surface area (Å²) in [7, 11) is 0. The second-order valence-electron chi connectivity index (χ2n) is 3.54. The fourth-order valence-electron chi connectivity index (χ4n) is 1.54. The summed E-state index contributed by atoms with van der Waals surface area (Å²) in [6.45, 7) is 2.90. The zero-order chi connectivity index (χ0) is 10.4. The minimum atomic E-state index is -0.500. The van der Waals surface area contributed by atoms with E-state index in [0.29, 0.717) is 6.42 Å². The first-order chi connectivity index (χ1) is 6.68. The molecule has 1 aliphatic rings. The van der Waals surface area contributed by atoms with Gasteiger partial charge < -0.3 is 16.0 Å². The standard InChI is InChI=1S/C9H17N3O2/c10-8(13)7-11-9(14)3-6-12-4-1-2-5-12/h1-7H2,(H2,10,13)(H,11,14). The van der Waals surface area contributed by atoms with Gasteiger partial charge in [0.1, 0.15) is 0 Å². The molecule has 14 heavy (non-hydrogen) atoms. The number of carbonyl (C=O) groups excluding carboxylic acids is 2. The molecule has 1 fully saturated rings. The zero-order valence-corrected chi connectivity index (χ0v) is 8.29. The predicted octanol–water partition coefficient (Wildman–Crippen LogP) is -0.926. The van der Waals surface area contributed by atoms with E-state index >= 15 is 0 Å². The molecule has 1 rings (SSSR count). The van der Waals surface area contributed by atoms with Crippen LogP contribution in [0.2, 0.25) is 0 Å². The molecule has 1 aliphatic heterocycles. The highest BCUT2D eigenvalue weighted by atomic mass is 16.2. The van der Waals surface area contributed by atoms with Crippen molar-refractivity contribution in [3.05, 3.63) is 0 Å². The van der Waals surface area contributed by atoms with Gasteiger partial charge in [-0.25, -0.2) is 0 Å². The summed E-state index contributed by atoms with van der Waals surface area (Å²) in [6.07, 6.45) is 2.90. The number of hydrogen-bond donors (Lipinski definition) is 2. The maximum Gasteiger partial charge on any atom is 0.236 e. The Labute approximate surface area is 83.6 Å². The van der Waals surface area contributed by atoms with Crippen LogP contribution < -0.4 is 11.1 Å². The lowest BCUT2D eigenvalue weighted by molar-refractivity contribution is -0.125. The molecular weight excluding hydrogens is 182 g/mol. The highest BCUT2D eigenvalue weighted by Gasteiger charge is 2.12. The molecule has 0 aliphatic carbocycles. The second kappa shape index (κ2) is 5.59. The molecule has 0 spiro atoms. The van der Waals surface area contributed by atoms with Gasteiger partial charge in [0.2, 0.25) is 11.8 Å². The number of nitrogens with two attached hydrogens (primary N) is 1. The predicted molar refractivity (Wildman–Crippen MR) is 52.5 cm³/mol. The van der Waals surface area contributed by atoms with E-state index in [1.807, 2.05) is 0 Å². The number of rotatable bonds is 5. The first-order valence-corrected chi connectivity index (χ1v) is 4.96. The summed E-state index contributed by atoms with van der Waals surface area (Å²) < 4.78 is 0. The monoisotopic (exact) mass is 199 g/mol. The van der Waals surface area contributed by atoms with Crippen molar-refractivity contribution in [1.82, 2.24) is 10.2 Å². The summed E-state index contributed by atoms with van der Waals surface area (Å²) in [5.74, 6) is -0.602. The molecule has 1 heterocycles. The average molecular weight is 199 g/mol. The van der Waals surface area contributed by atoms with Crippen LogP contribution in [0.3, 0.4) is 0 Å². The first-order valence-electron chi connectivity index (χ1n) is 4.96. The van der Waals surface area contributed by atoms with Gasteiger partial charge in [-0.1, -0.05) is 0 Å². The van der Waals surface area contributed by atoms with Crippen LogP contribution in [0.1, 0.15) is 19.3 Å². The van der Waals surface area contributed by atoms with Gasteiger partial charge in [-0.3, -0.25) is 9.59 Å². The van der Waals surface area contributed by atoms with Gasteiger partial charge in [-0.15, -0.1) is 0 Å². The third-order valence-corrected chi connectivity index (χ3v) is 2.31. The van der Waals surface area contributed by atoms with Crippen molar-refractivity contribution in [2.75, 3.05) is 26.2 Å². The van der Waals surface area contributed by atoms with Crippen molar-refractivity contribution in [2.45, 2.75) is 19.3 Å². The maximum absolute atomic E-state index is 11.2. The van der Waals surface area contributed by atoms with Crippen LogP contribution in [-0.4, -0.2) is 42.9 Å². The van der Waals surface area contributed by atoms with Gasteiger partial charge >= 0.3 is 0 Å². The minimum Gasteiger partial charge on any atom is -0.368 e. The number of primary amides is 1. The van der Waals surface area contributed by atoms with Crippen molar-refractivity contribution in [2.24, 2.45) is 5.73 Å². The quantitative estimate of drug-likeness (QED) is 0.601. The molecule has 0 aromatic carbocycles. The topological polar surface area (TPSA) is 75.4 Å². The van der Waals surface area contributed by atoms with E-state index in [4.69, 9.17) is 5.73 Å². The SMILES string of the molecule is NC(=O)CNC(=O)CCN1CCCC1. The molecule has 0 aromatic heterocycles. The lowest BCUT2D eigenvalue weighted by atomic mass is 10.3. The smallest absolute Gasteiger partial charge is 0.236 e. The number of nitrogens with one attached hydrogen (secondary N) is 1. The van der Waals surface area contributed by atoms with Crippen LogP contribution in [0.4, 0.5) is 0 Å². The summed E-state index contributed by atoms with van der Waals surface area (Å²) in [6, 6.07) is 0. The highest BCUT2D eigenvalue weighted by molar-refractivity contribution is 5.83. The Morgan fingerprint density at radius 1 is 1.29 bits per heavy atom. The van der Waals surface area contributed by atoms with Crippen LogP contribution in [0.5, 0.6) is 0 Å². The molecule has 2 amide bonds. The van der Waals surface area contributed by atoms with Crippen molar-refractivity contribution >= 4 is 11.8 Å².